The monoisotopic (exact) mass is 146 g/mol. The number of aromatic nitrogens is 2. The van der Waals surface area contributed by atoms with Gasteiger partial charge in [-0.15, -0.1) is 0 Å². The molecule has 11 heavy (non-hydrogen) atoms. The van der Waals surface area contributed by atoms with Gasteiger partial charge in [0.15, 0.2) is 6.09 Å². The number of carbonyl (C=O) groups is 1. The molecule has 4 nitrogen and oxygen atoms in total. The summed E-state index contributed by atoms with van der Waals surface area (Å²) in [7, 11) is 0. The molecule has 0 unspecified atom stereocenters. The van der Waals surface area contributed by atoms with Gasteiger partial charge in [-0.2, -0.15) is 5.10 Å². The smallest absolute Gasteiger partial charge is 0.528 e. The molecule has 1 rings (SSSR count). The Morgan fingerprint density at radius 3 is 2.36 bits per heavy atom. The zero-order valence-corrected chi connectivity index (χ0v) is 6.79. The molecule has 0 radical (unpaired) electrons. The predicted octanol–water partition coefficient (Wildman–Crippen LogP) is -3.30. The standard InChI is InChI=1S/C6H8N2O2.Li/c1-4-3-5(2)8(7-4)6(9)10;/h3H,1-2H3,(H,9,10);/q;+1/p-1. The van der Waals surface area contributed by atoms with Gasteiger partial charge in [0.1, 0.15) is 0 Å². The second-order valence-electron chi connectivity index (χ2n) is 2.10. The van der Waals surface area contributed by atoms with E-state index in [0.717, 1.165) is 4.68 Å². The topological polar surface area (TPSA) is 58.0 Å². The molecule has 0 saturated carbocycles. The van der Waals surface area contributed by atoms with Crippen LogP contribution in [0.3, 0.4) is 0 Å². The second-order valence-corrected chi connectivity index (χ2v) is 2.10. The van der Waals surface area contributed by atoms with Crippen LogP contribution in [0, 0.1) is 13.8 Å². The molecule has 1 heterocycles. The van der Waals surface area contributed by atoms with Crippen molar-refractivity contribution in [3.63, 3.8) is 0 Å². The minimum Gasteiger partial charge on any atom is -0.528 e. The third kappa shape index (κ3) is 2.11. The quantitative estimate of drug-likeness (QED) is 0.360. The van der Waals surface area contributed by atoms with Gasteiger partial charge in [0.2, 0.25) is 0 Å². The fourth-order valence-corrected chi connectivity index (χ4v) is 0.814. The SMILES string of the molecule is Cc1cc(C)n(C(=O)[O-])n1.[Li+]. The number of rotatable bonds is 0. The molecule has 1 aromatic heterocycles. The summed E-state index contributed by atoms with van der Waals surface area (Å²) in [5.74, 6) is 0. The van der Waals surface area contributed by atoms with Crippen molar-refractivity contribution in [3.8, 4) is 0 Å². The molecule has 0 aliphatic heterocycles. The van der Waals surface area contributed by atoms with Crippen molar-refractivity contribution >= 4 is 6.09 Å². The third-order valence-electron chi connectivity index (χ3n) is 1.18. The number of nitrogens with zero attached hydrogens (tertiary/aromatic N) is 2. The Bertz CT molecular complexity index is 270. The second kappa shape index (κ2) is 3.61. The molecule has 5 heteroatoms. The van der Waals surface area contributed by atoms with E-state index >= 15 is 0 Å². The summed E-state index contributed by atoms with van der Waals surface area (Å²) >= 11 is 0. The van der Waals surface area contributed by atoms with Crippen molar-refractivity contribution in [1.29, 1.82) is 0 Å². The maximum Gasteiger partial charge on any atom is 1.00 e. The van der Waals surface area contributed by atoms with Crippen molar-refractivity contribution in [2.24, 2.45) is 0 Å². The Balaban J connectivity index is 0.000001000. The van der Waals surface area contributed by atoms with E-state index in [1.165, 1.54) is 0 Å². The van der Waals surface area contributed by atoms with Crippen LogP contribution < -0.4 is 24.0 Å². The van der Waals surface area contributed by atoms with Crippen LogP contribution in [0.2, 0.25) is 0 Å². The Labute approximate surface area is 76.4 Å². The molecular formula is C6H7LiN2O2. The minimum absolute atomic E-state index is 0. The van der Waals surface area contributed by atoms with E-state index in [4.69, 9.17) is 0 Å². The number of aryl methyl sites for hydroxylation is 2. The molecule has 0 bridgehead atoms. The number of hydrogen-bond donors (Lipinski definition) is 0. The molecule has 0 saturated heterocycles. The van der Waals surface area contributed by atoms with Crippen LogP contribution in [0.1, 0.15) is 11.4 Å². The molecule has 0 spiro atoms. The van der Waals surface area contributed by atoms with Gasteiger partial charge >= 0.3 is 18.9 Å². The summed E-state index contributed by atoms with van der Waals surface area (Å²) in [5.41, 5.74) is 1.26. The number of hydrogen-bond acceptors (Lipinski definition) is 3. The first-order valence-electron chi connectivity index (χ1n) is 2.86. The summed E-state index contributed by atoms with van der Waals surface area (Å²) in [6.45, 7) is 3.39. The van der Waals surface area contributed by atoms with E-state index in [-0.39, 0.29) is 18.9 Å². The summed E-state index contributed by atoms with van der Waals surface area (Å²) in [5, 5.41) is 13.9. The Hall–Kier alpha value is -0.723. The van der Waals surface area contributed by atoms with E-state index in [9.17, 15) is 9.90 Å². The summed E-state index contributed by atoms with van der Waals surface area (Å²) in [6, 6.07) is 1.68. The molecule has 54 valence electrons. The molecule has 0 atom stereocenters. The van der Waals surface area contributed by atoms with Crippen LogP contribution in [0.15, 0.2) is 6.07 Å². The van der Waals surface area contributed by atoms with E-state index in [1.54, 1.807) is 19.9 Å². The summed E-state index contributed by atoms with van der Waals surface area (Å²) in [6.07, 6.45) is -1.29. The van der Waals surface area contributed by atoms with Crippen LogP contribution in [0.25, 0.3) is 0 Å². The van der Waals surface area contributed by atoms with Gasteiger partial charge in [-0.1, -0.05) is 0 Å². The zero-order chi connectivity index (χ0) is 7.72. The van der Waals surface area contributed by atoms with E-state index in [0.29, 0.717) is 11.4 Å². The molecule has 1 aromatic rings. The first-order chi connectivity index (χ1) is 4.61. The van der Waals surface area contributed by atoms with E-state index in [1.807, 2.05) is 0 Å². The fraction of sp³-hybridized carbons (Fsp3) is 0.333. The van der Waals surface area contributed by atoms with Crippen molar-refractivity contribution in [2.75, 3.05) is 0 Å². The van der Waals surface area contributed by atoms with Crippen LogP contribution in [-0.2, 0) is 0 Å². The van der Waals surface area contributed by atoms with Crippen LogP contribution in [-0.4, -0.2) is 15.9 Å². The molecule has 0 aliphatic carbocycles. The zero-order valence-electron chi connectivity index (χ0n) is 6.79. The third-order valence-corrected chi connectivity index (χ3v) is 1.18. The first kappa shape index (κ1) is 10.3. The normalized spacial score (nSPS) is 8.91. The Kier molecular flexibility index (Phi) is 3.37. The van der Waals surface area contributed by atoms with E-state index < -0.39 is 6.09 Å². The fourth-order valence-electron chi connectivity index (χ4n) is 0.814. The molecule has 0 amide bonds. The average molecular weight is 146 g/mol. The van der Waals surface area contributed by atoms with Gasteiger partial charge in [0, 0.05) is 5.69 Å². The van der Waals surface area contributed by atoms with Gasteiger partial charge in [0.05, 0.1) is 5.69 Å². The molecule has 0 N–H and O–H groups in total. The average Bonchev–Trinajstić information content (AvgIpc) is 2.10. The van der Waals surface area contributed by atoms with Gasteiger partial charge in [-0.3, -0.25) is 0 Å². The van der Waals surface area contributed by atoms with Gasteiger partial charge in [-0.05, 0) is 19.9 Å². The maximum atomic E-state index is 10.2. The Morgan fingerprint density at radius 1 is 1.64 bits per heavy atom. The van der Waals surface area contributed by atoms with Crippen LogP contribution in [0.4, 0.5) is 4.79 Å². The molecule has 0 aromatic carbocycles. The minimum atomic E-state index is -1.29. The largest absolute Gasteiger partial charge is 1.00 e. The number of carbonyl (C=O) groups excluding carboxylic acids is 1. The maximum absolute atomic E-state index is 10.2. The first-order valence-corrected chi connectivity index (χ1v) is 2.86. The Morgan fingerprint density at radius 2 is 2.18 bits per heavy atom. The predicted molar refractivity (Wildman–Crippen MR) is 32.5 cm³/mol. The van der Waals surface area contributed by atoms with Crippen molar-refractivity contribution in [3.05, 3.63) is 17.5 Å². The van der Waals surface area contributed by atoms with Gasteiger partial charge < -0.3 is 9.90 Å². The number of carboxylic acid groups (broad SMARTS) is 1. The van der Waals surface area contributed by atoms with Crippen molar-refractivity contribution in [2.45, 2.75) is 13.8 Å². The van der Waals surface area contributed by atoms with Gasteiger partial charge in [0.25, 0.3) is 0 Å². The van der Waals surface area contributed by atoms with Crippen LogP contribution >= 0.6 is 0 Å². The van der Waals surface area contributed by atoms with Crippen molar-refractivity contribution < 1.29 is 28.8 Å². The summed E-state index contributed by atoms with van der Waals surface area (Å²) < 4.78 is 0.843. The summed E-state index contributed by atoms with van der Waals surface area (Å²) in [4.78, 5) is 10.2. The van der Waals surface area contributed by atoms with Crippen LogP contribution in [0.5, 0.6) is 0 Å². The van der Waals surface area contributed by atoms with Crippen molar-refractivity contribution in [1.82, 2.24) is 9.78 Å². The molecular weight excluding hydrogens is 139 g/mol. The molecule has 0 fully saturated rings. The van der Waals surface area contributed by atoms with Gasteiger partial charge in [-0.25, -0.2) is 4.68 Å². The van der Waals surface area contributed by atoms with E-state index in [2.05, 4.69) is 5.10 Å². The molecule has 0 aliphatic rings.